The molecule has 0 saturated heterocycles. The van der Waals surface area contributed by atoms with Gasteiger partial charge >= 0.3 is 0 Å². The summed E-state index contributed by atoms with van der Waals surface area (Å²) in [5.41, 5.74) is 20.3. The molecule has 262 valence electrons. The van der Waals surface area contributed by atoms with Crippen molar-refractivity contribution in [2.75, 3.05) is 4.90 Å². The summed E-state index contributed by atoms with van der Waals surface area (Å²) in [6.07, 6.45) is 0. The van der Waals surface area contributed by atoms with Gasteiger partial charge in [-0.2, -0.15) is 0 Å². The number of hydrogen-bond acceptors (Lipinski definition) is 1. The quantitative estimate of drug-likeness (QED) is 0.167. The van der Waals surface area contributed by atoms with Gasteiger partial charge in [0.1, 0.15) is 0 Å². The van der Waals surface area contributed by atoms with Crippen molar-refractivity contribution in [1.82, 2.24) is 0 Å². The van der Waals surface area contributed by atoms with Gasteiger partial charge in [-0.1, -0.05) is 191 Å². The van der Waals surface area contributed by atoms with Gasteiger partial charge < -0.3 is 4.90 Å². The summed E-state index contributed by atoms with van der Waals surface area (Å²) in [6.45, 7) is 9.43. The molecule has 0 N–H and O–H groups in total. The maximum Gasteiger partial charge on any atom is 0.0977 e. The van der Waals surface area contributed by atoms with E-state index in [1.54, 1.807) is 0 Å². The van der Waals surface area contributed by atoms with Crippen molar-refractivity contribution in [3.05, 3.63) is 210 Å². The highest BCUT2D eigenvalue weighted by Gasteiger charge is 2.40. The number of fused-ring (bicyclic) bond motifs is 6. The van der Waals surface area contributed by atoms with E-state index in [1.165, 1.54) is 66.8 Å². The Kier molecular flexibility index (Phi) is 7.48. The molecule has 0 amide bonds. The molecule has 0 aliphatic heterocycles. The van der Waals surface area contributed by atoms with Crippen molar-refractivity contribution >= 4 is 17.1 Å². The number of anilines is 3. The SMILES string of the molecule is CC1(C)c2cc(N(c3ccccc3-c3ccccc3-c3ccccc3-c3ccccc3)c3cccc4c3C(C)(C)c3ccccc3-4)c#cc2-c2ccccc21. The largest absolute Gasteiger partial charge is 0.302 e. The number of nitrogens with zero attached hydrogens (tertiary/aromatic N) is 1. The van der Waals surface area contributed by atoms with Crippen LogP contribution < -0.4 is 4.90 Å². The molecule has 2 aliphatic carbocycles. The van der Waals surface area contributed by atoms with Crippen LogP contribution in [0.2, 0.25) is 0 Å². The molecule has 1 heteroatoms. The molecule has 8 aromatic rings. The van der Waals surface area contributed by atoms with E-state index in [2.05, 4.69) is 221 Å². The maximum atomic E-state index is 3.74. The normalized spacial score (nSPS) is 14.0. The summed E-state index contributed by atoms with van der Waals surface area (Å²) in [4.78, 5) is 2.47. The van der Waals surface area contributed by atoms with Crippen LogP contribution in [-0.2, 0) is 10.8 Å². The van der Waals surface area contributed by atoms with Crippen LogP contribution in [-0.4, -0.2) is 0 Å². The summed E-state index contributed by atoms with van der Waals surface area (Å²) in [6, 6.07) is 71.7. The van der Waals surface area contributed by atoms with Crippen molar-refractivity contribution in [3.63, 3.8) is 0 Å². The van der Waals surface area contributed by atoms with E-state index in [1.807, 2.05) is 0 Å². The summed E-state index contributed by atoms with van der Waals surface area (Å²) in [5, 5.41) is 0. The molecule has 1 nitrogen and oxygen atoms in total. The van der Waals surface area contributed by atoms with Crippen molar-refractivity contribution in [3.8, 4) is 55.6 Å². The molecule has 8 aromatic carbocycles. The van der Waals surface area contributed by atoms with Crippen LogP contribution in [0.4, 0.5) is 17.1 Å². The second kappa shape index (κ2) is 12.5. The molecule has 0 heterocycles. The highest BCUT2D eigenvalue weighted by atomic mass is 15.1. The van der Waals surface area contributed by atoms with E-state index in [0.717, 1.165) is 28.2 Å². The van der Waals surface area contributed by atoms with Gasteiger partial charge in [0.15, 0.2) is 0 Å². The van der Waals surface area contributed by atoms with Crippen molar-refractivity contribution in [2.24, 2.45) is 0 Å². The van der Waals surface area contributed by atoms with E-state index in [0.29, 0.717) is 0 Å². The van der Waals surface area contributed by atoms with E-state index >= 15 is 0 Å². The van der Waals surface area contributed by atoms with E-state index in [-0.39, 0.29) is 10.8 Å². The summed E-state index contributed by atoms with van der Waals surface area (Å²) in [5.74, 6) is 0. The molecule has 0 bridgehead atoms. The molecule has 10 rings (SSSR count). The Morgan fingerprint density at radius 3 is 1.56 bits per heavy atom. The topological polar surface area (TPSA) is 3.24 Å². The molecule has 0 aromatic heterocycles. The zero-order valence-corrected chi connectivity index (χ0v) is 31.7. The van der Waals surface area contributed by atoms with E-state index in [4.69, 9.17) is 0 Å². The fourth-order valence-electron chi connectivity index (χ4n) is 9.49. The first-order valence-corrected chi connectivity index (χ1v) is 19.3. The molecule has 0 fully saturated rings. The average molecular weight is 704 g/mol. The van der Waals surface area contributed by atoms with Gasteiger partial charge in [-0.15, -0.1) is 0 Å². The zero-order valence-electron chi connectivity index (χ0n) is 31.7. The van der Waals surface area contributed by atoms with Gasteiger partial charge in [-0.25, -0.2) is 0 Å². The van der Waals surface area contributed by atoms with Gasteiger partial charge in [0.2, 0.25) is 0 Å². The lowest BCUT2D eigenvalue weighted by atomic mass is 9.81. The van der Waals surface area contributed by atoms with Crippen LogP contribution in [0.5, 0.6) is 0 Å². The second-order valence-corrected chi connectivity index (χ2v) is 15.9. The van der Waals surface area contributed by atoms with Crippen molar-refractivity contribution in [1.29, 1.82) is 0 Å². The Morgan fingerprint density at radius 1 is 0.364 bits per heavy atom. The third-order valence-electron chi connectivity index (χ3n) is 12.1. The molecular weight excluding hydrogens is 663 g/mol. The van der Waals surface area contributed by atoms with Gasteiger partial charge in [0.25, 0.3) is 0 Å². The van der Waals surface area contributed by atoms with Crippen LogP contribution in [0.15, 0.2) is 176 Å². The Morgan fingerprint density at radius 2 is 0.855 bits per heavy atom. The van der Waals surface area contributed by atoms with Crippen molar-refractivity contribution in [2.45, 2.75) is 38.5 Å². The van der Waals surface area contributed by atoms with Crippen LogP contribution in [0.3, 0.4) is 0 Å². The molecule has 55 heavy (non-hydrogen) atoms. The molecule has 0 radical (unpaired) electrons. The molecule has 0 saturated carbocycles. The molecule has 0 spiro atoms. The lowest BCUT2D eigenvalue weighted by molar-refractivity contribution is 0.658. The van der Waals surface area contributed by atoms with Gasteiger partial charge in [0, 0.05) is 22.0 Å². The van der Waals surface area contributed by atoms with Crippen molar-refractivity contribution < 1.29 is 0 Å². The number of rotatable bonds is 6. The first-order chi connectivity index (χ1) is 26.8. The molecule has 0 unspecified atom stereocenters. The number of hydrogen-bond donors (Lipinski definition) is 0. The van der Waals surface area contributed by atoms with E-state index in [9.17, 15) is 0 Å². The average Bonchev–Trinajstić information content (AvgIpc) is 3.61. The standard InChI is InChI=1S/C54H41N/c1-53(2)47-29-15-12-25-42(47)44-34-33-37(35-49(44)53)55(51-32-18-28-46-43-26-13-16-30-48(43)54(3,4)52(46)51)50-31-17-14-27-45(50)41-24-11-10-23-40(41)39-22-9-8-21-38(39)36-19-6-5-7-20-36/h5-32,35H,1-4H3. The van der Waals surface area contributed by atoms with Crippen LogP contribution >= 0.6 is 0 Å². The third-order valence-corrected chi connectivity index (χ3v) is 12.1. The number of para-hydroxylation sites is 1. The summed E-state index contributed by atoms with van der Waals surface area (Å²) < 4.78 is 0. The summed E-state index contributed by atoms with van der Waals surface area (Å²) in [7, 11) is 0. The lowest BCUT2D eigenvalue weighted by Crippen LogP contribution is -2.21. The fraction of sp³-hybridized carbons (Fsp3) is 0.111. The third kappa shape index (κ3) is 5.02. The predicted octanol–water partition coefficient (Wildman–Crippen LogP) is 14.4. The first kappa shape index (κ1) is 33.0. The lowest BCUT2D eigenvalue weighted by Gasteiger charge is -2.33. The Bertz CT molecular complexity index is 2770. The minimum Gasteiger partial charge on any atom is -0.302 e. The second-order valence-electron chi connectivity index (χ2n) is 15.9. The Labute approximate surface area is 325 Å². The monoisotopic (exact) mass is 703 g/mol. The first-order valence-electron chi connectivity index (χ1n) is 19.3. The van der Waals surface area contributed by atoms with Gasteiger partial charge in [-0.3, -0.25) is 0 Å². The maximum absolute atomic E-state index is 3.74. The Balaban J connectivity index is 1.24. The molecule has 0 atom stereocenters. The molecule has 2 aliphatic rings. The highest BCUT2D eigenvalue weighted by Crippen LogP contribution is 2.56. The fourth-order valence-corrected chi connectivity index (χ4v) is 9.49. The van der Waals surface area contributed by atoms with Gasteiger partial charge in [0.05, 0.1) is 17.1 Å². The highest BCUT2D eigenvalue weighted by molar-refractivity contribution is 5.99. The molecular formula is C54H41N. The van der Waals surface area contributed by atoms with Crippen LogP contribution in [0, 0.1) is 12.1 Å². The minimum atomic E-state index is -0.224. The van der Waals surface area contributed by atoms with Crippen LogP contribution in [0.1, 0.15) is 49.9 Å². The van der Waals surface area contributed by atoms with Gasteiger partial charge in [-0.05, 0) is 91.0 Å². The number of benzene rings is 7. The summed E-state index contributed by atoms with van der Waals surface area (Å²) >= 11 is 0. The Hall–Kier alpha value is -6.62. The van der Waals surface area contributed by atoms with E-state index < -0.39 is 0 Å². The smallest absolute Gasteiger partial charge is 0.0977 e. The predicted molar refractivity (Wildman–Crippen MR) is 230 cm³/mol. The van der Waals surface area contributed by atoms with Crippen LogP contribution in [0.25, 0.3) is 55.6 Å². The zero-order chi connectivity index (χ0) is 37.3. The minimum absolute atomic E-state index is 0.181.